The van der Waals surface area contributed by atoms with E-state index in [0.29, 0.717) is 18.0 Å². The lowest BCUT2D eigenvalue weighted by molar-refractivity contribution is -0.138. The van der Waals surface area contributed by atoms with Gasteiger partial charge >= 0.3 is 0 Å². The van der Waals surface area contributed by atoms with Crippen LogP contribution in [0.15, 0.2) is 40.6 Å². The summed E-state index contributed by atoms with van der Waals surface area (Å²) in [6.07, 6.45) is -0.503. The summed E-state index contributed by atoms with van der Waals surface area (Å²) in [6.45, 7) is 8.52. The van der Waals surface area contributed by atoms with Crippen LogP contribution in [0, 0.1) is 6.92 Å². The van der Waals surface area contributed by atoms with Crippen molar-refractivity contribution in [2.45, 2.75) is 64.8 Å². The molecule has 1 aromatic heterocycles. The normalized spacial score (nSPS) is 21.9. The Bertz CT molecular complexity index is 1070. The third kappa shape index (κ3) is 4.94. The third-order valence-electron chi connectivity index (χ3n) is 6.18. The molecule has 0 radical (unpaired) electrons. The molecular formula is C24H31N5O4. The second kappa shape index (κ2) is 8.99. The lowest BCUT2D eigenvalue weighted by Gasteiger charge is -2.23. The number of aromatic nitrogens is 1. The van der Waals surface area contributed by atoms with Crippen molar-refractivity contribution in [1.29, 1.82) is 0 Å². The molecule has 0 unspecified atom stereocenters. The molecule has 3 heterocycles. The summed E-state index contributed by atoms with van der Waals surface area (Å²) in [5.74, 6) is -0.0989. The number of carbonyl (C=O) groups is 2. The van der Waals surface area contributed by atoms with E-state index in [-0.39, 0.29) is 36.7 Å². The number of nitrogens with zero attached hydrogens (tertiary/aromatic N) is 2. The molecular weight excluding hydrogens is 422 g/mol. The Kier molecular flexibility index (Phi) is 6.27. The van der Waals surface area contributed by atoms with Crippen LogP contribution in [0.5, 0.6) is 0 Å². The van der Waals surface area contributed by atoms with Crippen LogP contribution in [0.1, 0.15) is 49.8 Å². The lowest BCUT2D eigenvalue weighted by atomic mass is 9.88. The number of aliphatic hydroxyl groups is 1. The van der Waals surface area contributed by atoms with Crippen molar-refractivity contribution in [2.24, 2.45) is 0 Å². The maximum Gasteiger partial charge on any atom is 0.243 e. The molecule has 1 saturated heterocycles. The Morgan fingerprint density at radius 3 is 2.61 bits per heavy atom. The van der Waals surface area contributed by atoms with Gasteiger partial charge < -0.3 is 25.3 Å². The number of allylic oxidation sites excluding steroid dienone is 1. The van der Waals surface area contributed by atoms with E-state index in [1.54, 1.807) is 13.0 Å². The summed E-state index contributed by atoms with van der Waals surface area (Å²) in [6, 6.07) is 9.06. The van der Waals surface area contributed by atoms with Gasteiger partial charge in [0.25, 0.3) is 0 Å². The number of nitrogens with one attached hydrogen (secondary N) is 3. The van der Waals surface area contributed by atoms with E-state index >= 15 is 0 Å². The van der Waals surface area contributed by atoms with E-state index in [0.717, 1.165) is 16.8 Å². The number of amides is 2. The fourth-order valence-corrected chi connectivity index (χ4v) is 4.61. The molecule has 2 aliphatic heterocycles. The number of carbonyl (C=O) groups excluding carboxylic acids is 2. The summed E-state index contributed by atoms with van der Waals surface area (Å²) in [5, 5.41) is 16.8. The lowest BCUT2D eigenvalue weighted by Crippen LogP contribution is -2.46. The first-order chi connectivity index (χ1) is 15.6. The van der Waals surface area contributed by atoms with Crippen LogP contribution < -0.4 is 16.2 Å². The smallest absolute Gasteiger partial charge is 0.243 e. The number of hydrazine groups is 1. The van der Waals surface area contributed by atoms with Crippen LogP contribution in [-0.2, 0) is 22.6 Å². The monoisotopic (exact) mass is 453 g/mol. The second-order valence-corrected chi connectivity index (χ2v) is 9.35. The highest BCUT2D eigenvalue weighted by Crippen LogP contribution is 2.32. The summed E-state index contributed by atoms with van der Waals surface area (Å²) >= 11 is 0. The maximum absolute atomic E-state index is 12.9. The number of likely N-dealkylation sites (tertiary alicyclic amines) is 1. The molecule has 2 amide bonds. The Balaban J connectivity index is 1.37. The minimum absolute atomic E-state index is 0.00807. The topological polar surface area (TPSA) is 120 Å². The number of aryl methyl sites for hydroxylation is 1. The van der Waals surface area contributed by atoms with Crippen LogP contribution >= 0.6 is 0 Å². The summed E-state index contributed by atoms with van der Waals surface area (Å²) in [5.41, 5.74) is 11.3. The van der Waals surface area contributed by atoms with Crippen molar-refractivity contribution in [1.82, 2.24) is 26.2 Å². The van der Waals surface area contributed by atoms with Crippen molar-refractivity contribution in [3.05, 3.63) is 58.6 Å². The average molecular weight is 454 g/mol. The standard InChI is InChI=1S/C24H31N5O4/c1-14-9-19(33-27-14)11-21(31)29-13-18(30)10-20(29)23(32)25-12-16-5-7-17(8-6-16)22-15(2)26-28-24(22,3)4/h5-9,18,20,26,28,30H,10-13H2,1-4H3,(H,25,32)/t18-,20+/m1/s1. The molecule has 4 N–H and O–H groups in total. The summed E-state index contributed by atoms with van der Waals surface area (Å²) < 4.78 is 5.12. The molecule has 0 aliphatic carbocycles. The van der Waals surface area contributed by atoms with E-state index in [1.807, 2.05) is 31.2 Å². The highest BCUT2D eigenvalue weighted by molar-refractivity contribution is 5.89. The van der Waals surface area contributed by atoms with E-state index in [1.165, 1.54) is 10.5 Å². The predicted molar refractivity (Wildman–Crippen MR) is 122 cm³/mol. The fourth-order valence-electron chi connectivity index (χ4n) is 4.61. The molecule has 33 heavy (non-hydrogen) atoms. The molecule has 176 valence electrons. The number of hydrogen-bond donors (Lipinski definition) is 4. The third-order valence-corrected chi connectivity index (χ3v) is 6.18. The highest BCUT2D eigenvalue weighted by atomic mass is 16.5. The van der Waals surface area contributed by atoms with Gasteiger partial charge in [-0.15, -0.1) is 0 Å². The second-order valence-electron chi connectivity index (χ2n) is 9.35. The molecule has 0 bridgehead atoms. The first-order valence-corrected chi connectivity index (χ1v) is 11.2. The van der Waals surface area contributed by atoms with Crippen molar-refractivity contribution in [2.75, 3.05) is 6.54 Å². The Morgan fingerprint density at radius 2 is 2.00 bits per heavy atom. The molecule has 4 rings (SSSR count). The van der Waals surface area contributed by atoms with Crippen LogP contribution in [-0.4, -0.2) is 51.2 Å². The average Bonchev–Trinajstić information content (AvgIpc) is 3.43. The van der Waals surface area contributed by atoms with Gasteiger partial charge in [0.1, 0.15) is 11.8 Å². The van der Waals surface area contributed by atoms with Gasteiger partial charge in [-0.05, 0) is 38.8 Å². The molecule has 1 fully saturated rings. The summed E-state index contributed by atoms with van der Waals surface area (Å²) in [7, 11) is 0. The number of β-amino-alcohol motifs (C(OH)–C–C–N with tert-alkyl or cyclic N) is 1. The molecule has 9 nitrogen and oxygen atoms in total. The van der Waals surface area contributed by atoms with Crippen LogP contribution in [0.2, 0.25) is 0 Å². The zero-order chi connectivity index (χ0) is 23.8. The van der Waals surface area contributed by atoms with Crippen molar-refractivity contribution < 1.29 is 19.2 Å². The number of hydrogen-bond acceptors (Lipinski definition) is 7. The first kappa shape index (κ1) is 23.0. The fraction of sp³-hybridized carbons (Fsp3) is 0.458. The van der Waals surface area contributed by atoms with Crippen LogP contribution in [0.4, 0.5) is 0 Å². The molecule has 0 saturated carbocycles. The zero-order valence-corrected chi connectivity index (χ0v) is 19.4. The van der Waals surface area contributed by atoms with Gasteiger partial charge in [-0.1, -0.05) is 29.4 Å². The van der Waals surface area contributed by atoms with Crippen molar-refractivity contribution >= 4 is 17.4 Å². The Morgan fingerprint density at radius 1 is 1.27 bits per heavy atom. The zero-order valence-electron chi connectivity index (χ0n) is 19.4. The van der Waals surface area contributed by atoms with E-state index in [2.05, 4.69) is 35.2 Å². The molecule has 2 aliphatic rings. The van der Waals surface area contributed by atoms with Crippen LogP contribution in [0.3, 0.4) is 0 Å². The van der Waals surface area contributed by atoms with Gasteiger partial charge in [0.15, 0.2) is 0 Å². The van der Waals surface area contributed by atoms with E-state index in [4.69, 9.17) is 4.52 Å². The molecule has 0 spiro atoms. The van der Waals surface area contributed by atoms with Gasteiger partial charge in [-0.2, -0.15) is 0 Å². The SMILES string of the molecule is CC1=C(c2ccc(CNC(=O)[C@@H]3C[C@@H](O)CN3C(=O)Cc3cc(C)no3)cc2)C(C)(C)NN1. The molecule has 2 atom stereocenters. The van der Waals surface area contributed by atoms with Gasteiger partial charge in [0, 0.05) is 36.8 Å². The first-order valence-electron chi connectivity index (χ1n) is 11.2. The largest absolute Gasteiger partial charge is 0.391 e. The summed E-state index contributed by atoms with van der Waals surface area (Å²) in [4.78, 5) is 27.0. The van der Waals surface area contributed by atoms with E-state index < -0.39 is 12.1 Å². The minimum Gasteiger partial charge on any atom is -0.391 e. The Labute approximate surface area is 193 Å². The van der Waals surface area contributed by atoms with Gasteiger partial charge in [0.2, 0.25) is 11.8 Å². The molecule has 9 heteroatoms. The quantitative estimate of drug-likeness (QED) is 0.522. The van der Waals surface area contributed by atoms with Gasteiger partial charge in [-0.25, -0.2) is 5.43 Å². The maximum atomic E-state index is 12.9. The number of rotatable bonds is 6. The van der Waals surface area contributed by atoms with E-state index in [9.17, 15) is 14.7 Å². The minimum atomic E-state index is -0.728. The number of aliphatic hydroxyl groups excluding tert-OH is 1. The van der Waals surface area contributed by atoms with Gasteiger partial charge in [-0.3, -0.25) is 9.59 Å². The highest BCUT2D eigenvalue weighted by Gasteiger charge is 2.39. The molecule has 1 aromatic carbocycles. The number of benzene rings is 1. The van der Waals surface area contributed by atoms with Crippen LogP contribution in [0.25, 0.3) is 5.57 Å². The molecule has 2 aromatic rings. The predicted octanol–water partition coefficient (Wildman–Crippen LogP) is 1.42. The van der Waals surface area contributed by atoms with Crippen molar-refractivity contribution in [3.8, 4) is 0 Å². The Hall–Kier alpha value is -3.17. The van der Waals surface area contributed by atoms with Crippen molar-refractivity contribution in [3.63, 3.8) is 0 Å². The van der Waals surface area contributed by atoms with Gasteiger partial charge in [0.05, 0.1) is 23.8 Å².